The van der Waals surface area contributed by atoms with Crippen molar-refractivity contribution in [1.29, 1.82) is 0 Å². The van der Waals surface area contributed by atoms with Gasteiger partial charge in [0.1, 0.15) is 0 Å². The standard InChI is InChI=1S/C17H11Cl2N3O2S/c18-10-1-5-12(6-2-10)20-9-14-15(23)21-17(25)22(16(14)24)13-7-3-11(19)4-8-13/h1-9,14H,(H,21,23,25)/t14-/m0/s1. The number of aliphatic imine (C=N–C) groups is 1. The molecule has 5 nitrogen and oxygen atoms in total. The molecule has 0 saturated carbocycles. The Labute approximate surface area is 159 Å². The van der Waals surface area contributed by atoms with Crippen LogP contribution in [0, 0.1) is 5.92 Å². The van der Waals surface area contributed by atoms with Crippen LogP contribution in [0.1, 0.15) is 0 Å². The van der Waals surface area contributed by atoms with E-state index >= 15 is 0 Å². The lowest BCUT2D eigenvalue weighted by atomic mass is 10.1. The third-order valence-corrected chi connectivity index (χ3v) is 4.27. The first-order valence-corrected chi connectivity index (χ1v) is 8.36. The fraction of sp³-hybridized carbons (Fsp3) is 0.0588. The molecule has 8 heteroatoms. The number of benzene rings is 2. The van der Waals surface area contributed by atoms with Crippen LogP contribution in [-0.4, -0.2) is 23.1 Å². The molecule has 126 valence electrons. The largest absolute Gasteiger partial charge is 0.301 e. The fourth-order valence-corrected chi connectivity index (χ4v) is 2.79. The lowest BCUT2D eigenvalue weighted by Crippen LogP contribution is -2.58. The van der Waals surface area contributed by atoms with Crippen molar-refractivity contribution in [3.63, 3.8) is 0 Å². The van der Waals surface area contributed by atoms with E-state index in [2.05, 4.69) is 10.3 Å². The highest BCUT2D eigenvalue weighted by Crippen LogP contribution is 2.23. The summed E-state index contributed by atoms with van der Waals surface area (Å²) in [6, 6.07) is 13.3. The Morgan fingerprint density at radius 1 is 1.00 bits per heavy atom. The summed E-state index contributed by atoms with van der Waals surface area (Å²) in [5.74, 6) is -2.08. The number of amides is 2. The zero-order valence-corrected chi connectivity index (χ0v) is 15.0. The minimum atomic E-state index is -1.09. The van der Waals surface area contributed by atoms with E-state index in [0.29, 0.717) is 21.4 Å². The first kappa shape index (κ1) is 17.5. The second kappa shape index (κ2) is 7.31. The van der Waals surface area contributed by atoms with Crippen molar-refractivity contribution in [2.45, 2.75) is 0 Å². The number of anilines is 1. The quantitative estimate of drug-likeness (QED) is 0.492. The number of nitrogens with one attached hydrogen (secondary N) is 1. The third-order valence-electron chi connectivity index (χ3n) is 3.49. The van der Waals surface area contributed by atoms with Gasteiger partial charge in [-0.1, -0.05) is 23.2 Å². The number of halogens is 2. The van der Waals surface area contributed by atoms with Crippen LogP contribution >= 0.6 is 35.4 Å². The van der Waals surface area contributed by atoms with Gasteiger partial charge in [-0.3, -0.25) is 19.5 Å². The second-order valence-electron chi connectivity index (χ2n) is 5.18. The van der Waals surface area contributed by atoms with Gasteiger partial charge in [0.05, 0.1) is 11.4 Å². The monoisotopic (exact) mass is 391 g/mol. The maximum Gasteiger partial charge on any atom is 0.251 e. The molecule has 1 atom stereocenters. The first-order chi connectivity index (χ1) is 12.0. The molecule has 2 amide bonds. The molecule has 0 unspecified atom stereocenters. The van der Waals surface area contributed by atoms with Crippen LogP contribution in [-0.2, 0) is 9.59 Å². The Hall–Kier alpha value is -2.28. The predicted octanol–water partition coefficient (Wildman–Crippen LogP) is 3.76. The molecular formula is C17H11Cl2N3O2S. The van der Waals surface area contributed by atoms with Gasteiger partial charge in [-0.25, -0.2) is 0 Å². The summed E-state index contributed by atoms with van der Waals surface area (Å²) in [6.07, 6.45) is 1.30. The summed E-state index contributed by atoms with van der Waals surface area (Å²) in [7, 11) is 0. The van der Waals surface area contributed by atoms with Gasteiger partial charge in [-0.2, -0.15) is 0 Å². The lowest BCUT2D eigenvalue weighted by molar-refractivity contribution is -0.130. The summed E-state index contributed by atoms with van der Waals surface area (Å²) in [5.41, 5.74) is 1.10. The van der Waals surface area contributed by atoms with Gasteiger partial charge in [0.2, 0.25) is 5.91 Å². The number of hydrogen-bond donors (Lipinski definition) is 1. The molecule has 3 rings (SSSR count). The third kappa shape index (κ3) is 3.87. The molecule has 0 aromatic heterocycles. The van der Waals surface area contributed by atoms with Crippen LogP contribution in [0.15, 0.2) is 53.5 Å². The Morgan fingerprint density at radius 2 is 1.56 bits per heavy atom. The van der Waals surface area contributed by atoms with Crippen LogP contribution < -0.4 is 10.2 Å². The number of hydrogen-bond acceptors (Lipinski definition) is 4. The fourth-order valence-electron chi connectivity index (χ4n) is 2.24. The average Bonchev–Trinajstić information content (AvgIpc) is 2.57. The first-order valence-electron chi connectivity index (χ1n) is 7.20. The molecule has 1 aliphatic rings. The van der Waals surface area contributed by atoms with E-state index in [-0.39, 0.29) is 5.11 Å². The summed E-state index contributed by atoms with van der Waals surface area (Å²) < 4.78 is 0. The molecule has 1 N–H and O–H groups in total. The van der Waals surface area contributed by atoms with Crippen molar-refractivity contribution >= 4 is 69.9 Å². The van der Waals surface area contributed by atoms with Gasteiger partial charge >= 0.3 is 0 Å². The SMILES string of the molecule is O=C1NC(=S)N(c2ccc(Cl)cc2)C(=O)[C@H]1C=Nc1ccc(Cl)cc1. The van der Waals surface area contributed by atoms with Crippen molar-refractivity contribution in [2.24, 2.45) is 10.9 Å². The number of thiocarbonyl (C=S) groups is 1. The molecule has 0 bridgehead atoms. The van der Waals surface area contributed by atoms with Crippen LogP contribution in [0.25, 0.3) is 0 Å². The molecule has 0 spiro atoms. The van der Waals surface area contributed by atoms with Crippen molar-refractivity contribution < 1.29 is 9.59 Å². The van der Waals surface area contributed by atoms with Crippen molar-refractivity contribution in [3.8, 4) is 0 Å². The molecule has 0 radical (unpaired) electrons. The predicted molar refractivity (Wildman–Crippen MR) is 103 cm³/mol. The van der Waals surface area contributed by atoms with Gasteiger partial charge in [0.25, 0.3) is 5.91 Å². The zero-order valence-electron chi connectivity index (χ0n) is 12.6. The molecule has 2 aromatic rings. The van der Waals surface area contributed by atoms with Gasteiger partial charge < -0.3 is 5.32 Å². The summed E-state index contributed by atoms with van der Waals surface area (Å²) in [6.45, 7) is 0. The van der Waals surface area contributed by atoms with Gasteiger partial charge in [0, 0.05) is 16.3 Å². The van der Waals surface area contributed by atoms with E-state index < -0.39 is 17.7 Å². The average molecular weight is 392 g/mol. The van der Waals surface area contributed by atoms with E-state index in [1.54, 1.807) is 48.5 Å². The molecular weight excluding hydrogens is 381 g/mol. The van der Waals surface area contributed by atoms with E-state index in [9.17, 15) is 9.59 Å². The highest BCUT2D eigenvalue weighted by Gasteiger charge is 2.38. The van der Waals surface area contributed by atoms with E-state index in [0.717, 1.165) is 0 Å². The van der Waals surface area contributed by atoms with Crippen LogP contribution in [0.2, 0.25) is 10.0 Å². The smallest absolute Gasteiger partial charge is 0.251 e. The minimum absolute atomic E-state index is 0.0217. The molecule has 1 aliphatic heterocycles. The maximum absolute atomic E-state index is 12.7. The minimum Gasteiger partial charge on any atom is -0.301 e. The molecule has 2 aromatic carbocycles. The van der Waals surface area contributed by atoms with Gasteiger partial charge in [-0.05, 0) is 60.7 Å². The maximum atomic E-state index is 12.7. The van der Waals surface area contributed by atoms with Gasteiger partial charge in [0.15, 0.2) is 11.0 Å². The van der Waals surface area contributed by atoms with Crippen LogP contribution in [0.3, 0.4) is 0 Å². The Kier molecular flexibility index (Phi) is 5.13. The number of carbonyl (C=O) groups excluding carboxylic acids is 2. The molecule has 1 heterocycles. The summed E-state index contributed by atoms with van der Waals surface area (Å²) in [5, 5.41) is 3.65. The lowest BCUT2D eigenvalue weighted by Gasteiger charge is -2.30. The molecule has 25 heavy (non-hydrogen) atoms. The number of nitrogens with zero attached hydrogens (tertiary/aromatic N) is 2. The van der Waals surface area contributed by atoms with Crippen molar-refractivity contribution in [1.82, 2.24) is 5.32 Å². The summed E-state index contributed by atoms with van der Waals surface area (Å²) >= 11 is 16.8. The topological polar surface area (TPSA) is 61.8 Å². The normalized spacial score (nSPS) is 17.9. The molecule has 0 aliphatic carbocycles. The van der Waals surface area contributed by atoms with Crippen LogP contribution in [0.4, 0.5) is 11.4 Å². The van der Waals surface area contributed by atoms with Crippen LogP contribution in [0.5, 0.6) is 0 Å². The van der Waals surface area contributed by atoms with Crippen molar-refractivity contribution in [3.05, 3.63) is 58.6 Å². The number of rotatable bonds is 3. The van der Waals surface area contributed by atoms with E-state index in [1.165, 1.54) is 11.1 Å². The Bertz CT molecular complexity index is 866. The highest BCUT2D eigenvalue weighted by molar-refractivity contribution is 7.80. The highest BCUT2D eigenvalue weighted by atomic mass is 35.5. The molecule has 1 fully saturated rings. The van der Waals surface area contributed by atoms with Gasteiger partial charge in [-0.15, -0.1) is 0 Å². The summed E-state index contributed by atoms with van der Waals surface area (Å²) in [4.78, 5) is 30.3. The number of carbonyl (C=O) groups is 2. The molecule has 1 saturated heterocycles. The van der Waals surface area contributed by atoms with Crippen molar-refractivity contribution in [2.75, 3.05) is 4.90 Å². The van der Waals surface area contributed by atoms with E-state index in [1.807, 2.05) is 0 Å². The zero-order chi connectivity index (χ0) is 18.0. The Balaban J connectivity index is 1.87. The Morgan fingerprint density at radius 3 is 2.16 bits per heavy atom. The second-order valence-corrected chi connectivity index (χ2v) is 6.44. The van der Waals surface area contributed by atoms with E-state index in [4.69, 9.17) is 35.4 Å².